The van der Waals surface area contributed by atoms with E-state index in [1.165, 1.54) is 6.92 Å². The third-order valence-corrected chi connectivity index (χ3v) is 7.71. The number of anilines is 1. The van der Waals surface area contributed by atoms with Crippen LogP contribution in [-0.4, -0.2) is 65.2 Å². The van der Waals surface area contributed by atoms with E-state index in [0.717, 1.165) is 23.1 Å². The zero-order valence-corrected chi connectivity index (χ0v) is 20.8. The van der Waals surface area contributed by atoms with Crippen LogP contribution in [0.1, 0.15) is 45.4 Å². The number of halogens is 4. The van der Waals surface area contributed by atoms with E-state index in [1.54, 1.807) is 0 Å². The Balaban J connectivity index is 1.56. The summed E-state index contributed by atoms with van der Waals surface area (Å²) < 4.78 is 57.6. The van der Waals surface area contributed by atoms with Crippen LogP contribution in [-0.2, 0) is 19.2 Å². The lowest BCUT2D eigenvalue weighted by Crippen LogP contribution is -2.70. The number of fused-ring (bicyclic) bond motifs is 3. The van der Waals surface area contributed by atoms with Gasteiger partial charge in [-0.2, -0.15) is 0 Å². The molecule has 2 bridgehead atoms. The summed E-state index contributed by atoms with van der Waals surface area (Å²) in [5.74, 6) is -9.85. The molecule has 38 heavy (non-hydrogen) atoms. The highest BCUT2D eigenvalue weighted by atomic mass is 19.3. The van der Waals surface area contributed by atoms with Crippen LogP contribution in [0.2, 0.25) is 0 Å². The summed E-state index contributed by atoms with van der Waals surface area (Å²) in [5.41, 5.74) is 5.18. The SMILES string of the molecule is C[C@H](Nc1cc(F)ccc1F)C(=O)N1[C@H]2CC[C@@H]([C@@H]1C(=O)N[C@@H](C[C@@H]1CCCNC1=O)C(N)=O)C(F)(F)C2. The summed E-state index contributed by atoms with van der Waals surface area (Å²) in [4.78, 5) is 52.3. The first-order valence-corrected chi connectivity index (χ1v) is 12.7. The van der Waals surface area contributed by atoms with Crippen molar-refractivity contribution in [1.29, 1.82) is 0 Å². The van der Waals surface area contributed by atoms with E-state index in [1.807, 2.05) is 0 Å². The zero-order valence-electron chi connectivity index (χ0n) is 20.8. The second-order valence-corrected chi connectivity index (χ2v) is 10.3. The third-order valence-electron chi connectivity index (χ3n) is 7.71. The van der Waals surface area contributed by atoms with Gasteiger partial charge >= 0.3 is 0 Å². The molecule has 0 radical (unpaired) electrons. The highest BCUT2D eigenvalue weighted by Crippen LogP contribution is 2.49. The fraction of sp³-hybridized carbons (Fsp3) is 0.600. The molecule has 1 aromatic rings. The predicted octanol–water partition coefficient (Wildman–Crippen LogP) is 1.67. The number of alkyl halides is 2. The van der Waals surface area contributed by atoms with Crippen LogP contribution in [0.3, 0.4) is 0 Å². The van der Waals surface area contributed by atoms with Crippen LogP contribution in [0.5, 0.6) is 0 Å². The van der Waals surface area contributed by atoms with Gasteiger partial charge < -0.3 is 26.6 Å². The summed E-state index contributed by atoms with van der Waals surface area (Å²) in [5, 5.41) is 7.65. The first kappa shape index (κ1) is 27.6. The summed E-state index contributed by atoms with van der Waals surface area (Å²) in [6.07, 6.45) is 0.616. The maximum absolute atomic E-state index is 14.9. The molecular weight excluding hydrogens is 510 g/mol. The van der Waals surface area contributed by atoms with Gasteiger partial charge in [0.2, 0.25) is 23.6 Å². The molecule has 9 nitrogen and oxygen atoms in total. The standard InChI is InChI=1S/C25H31F4N5O4/c1-12(32-18-10-14(26)4-7-17(18)27)24(38)34-15-5-6-16(25(28,29)11-15)20(34)23(37)33-19(21(30)35)9-13-3-2-8-31-22(13)36/h4,7,10,12-13,15-16,19-20,32H,2-3,5-6,8-9,11H2,1H3,(H2,30,35)(H,31,36)(H,33,37)/t12-,13-,15-,16-,19-,20+/m0/s1. The van der Waals surface area contributed by atoms with Gasteiger partial charge in [-0.1, -0.05) is 0 Å². The molecule has 1 aliphatic carbocycles. The van der Waals surface area contributed by atoms with Gasteiger partial charge in [0.1, 0.15) is 29.8 Å². The molecule has 4 amide bonds. The predicted molar refractivity (Wildman–Crippen MR) is 128 cm³/mol. The summed E-state index contributed by atoms with van der Waals surface area (Å²) in [6.45, 7) is 1.85. The minimum absolute atomic E-state index is 0.0217. The number of carbonyl (C=O) groups is 4. The average molecular weight is 542 g/mol. The van der Waals surface area contributed by atoms with Gasteiger partial charge in [0.05, 0.1) is 11.6 Å². The summed E-state index contributed by atoms with van der Waals surface area (Å²) in [6, 6.07) is -2.44. The molecule has 0 aromatic heterocycles. The van der Waals surface area contributed by atoms with Gasteiger partial charge in [0, 0.05) is 24.9 Å². The molecular formula is C25H31F4N5O4. The van der Waals surface area contributed by atoms with Gasteiger partial charge in [-0.25, -0.2) is 17.6 Å². The molecule has 1 saturated carbocycles. The van der Waals surface area contributed by atoms with Crippen molar-refractivity contribution in [3.05, 3.63) is 29.8 Å². The molecule has 4 fully saturated rings. The number of nitrogens with one attached hydrogen (secondary N) is 3. The van der Waals surface area contributed by atoms with Gasteiger partial charge in [-0.15, -0.1) is 0 Å². The second kappa shape index (κ2) is 10.8. The number of carbonyl (C=O) groups excluding carboxylic acids is 4. The Labute approximate surface area is 216 Å². The Morgan fingerprint density at radius 3 is 2.61 bits per heavy atom. The minimum atomic E-state index is -3.24. The molecule has 0 spiro atoms. The van der Waals surface area contributed by atoms with Crippen LogP contribution in [0.25, 0.3) is 0 Å². The Bertz CT molecular complexity index is 1120. The average Bonchev–Trinajstić information content (AvgIpc) is 2.85. The monoisotopic (exact) mass is 541 g/mol. The van der Waals surface area contributed by atoms with E-state index in [4.69, 9.17) is 5.73 Å². The van der Waals surface area contributed by atoms with Crippen molar-refractivity contribution in [2.24, 2.45) is 17.6 Å². The molecule has 4 aliphatic rings. The number of hydrogen-bond acceptors (Lipinski definition) is 5. The van der Waals surface area contributed by atoms with Crippen LogP contribution in [0.15, 0.2) is 18.2 Å². The van der Waals surface area contributed by atoms with E-state index >= 15 is 0 Å². The number of amides is 4. The van der Waals surface area contributed by atoms with Crippen molar-refractivity contribution in [3.63, 3.8) is 0 Å². The summed E-state index contributed by atoms with van der Waals surface area (Å²) in [7, 11) is 0. The first-order valence-electron chi connectivity index (χ1n) is 12.7. The molecule has 5 rings (SSSR count). The van der Waals surface area contributed by atoms with Gasteiger partial charge in [-0.05, 0) is 57.2 Å². The van der Waals surface area contributed by atoms with Crippen molar-refractivity contribution >= 4 is 29.3 Å². The lowest BCUT2D eigenvalue weighted by atomic mass is 9.71. The number of rotatable bonds is 8. The Hall–Kier alpha value is -3.38. The number of benzene rings is 1. The number of nitrogens with two attached hydrogens (primary N) is 1. The van der Waals surface area contributed by atoms with Crippen LogP contribution >= 0.6 is 0 Å². The quantitative estimate of drug-likeness (QED) is 0.372. The first-order chi connectivity index (χ1) is 17.9. The number of nitrogens with zero attached hydrogens (tertiary/aromatic N) is 1. The highest BCUT2D eigenvalue weighted by molar-refractivity contribution is 5.94. The van der Waals surface area contributed by atoms with Gasteiger partial charge in [0.25, 0.3) is 5.92 Å². The fourth-order valence-corrected chi connectivity index (χ4v) is 5.80. The molecule has 208 valence electrons. The van der Waals surface area contributed by atoms with Crippen molar-refractivity contribution in [3.8, 4) is 0 Å². The van der Waals surface area contributed by atoms with Crippen molar-refractivity contribution in [2.45, 2.75) is 75.5 Å². The van der Waals surface area contributed by atoms with E-state index in [9.17, 15) is 36.7 Å². The number of piperidine rings is 3. The van der Waals surface area contributed by atoms with E-state index in [-0.39, 0.29) is 30.9 Å². The van der Waals surface area contributed by atoms with E-state index in [0.29, 0.717) is 19.4 Å². The maximum Gasteiger partial charge on any atom is 0.255 e. The van der Waals surface area contributed by atoms with Gasteiger partial charge in [-0.3, -0.25) is 19.2 Å². The lowest BCUT2D eigenvalue weighted by Gasteiger charge is -2.54. The second-order valence-electron chi connectivity index (χ2n) is 10.3. The molecule has 1 aromatic carbocycles. The normalized spacial score (nSPS) is 27.7. The topological polar surface area (TPSA) is 134 Å². The Morgan fingerprint density at radius 2 is 1.95 bits per heavy atom. The van der Waals surface area contributed by atoms with Crippen LogP contribution < -0.4 is 21.7 Å². The molecule has 13 heteroatoms. The largest absolute Gasteiger partial charge is 0.371 e. The highest BCUT2D eigenvalue weighted by Gasteiger charge is 2.61. The van der Waals surface area contributed by atoms with Crippen LogP contribution in [0, 0.1) is 23.5 Å². The Morgan fingerprint density at radius 1 is 1.21 bits per heavy atom. The van der Waals surface area contributed by atoms with E-state index in [2.05, 4.69) is 16.0 Å². The minimum Gasteiger partial charge on any atom is -0.371 e. The maximum atomic E-state index is 14.9. The molecule has 3 saturated heterocycles. The number of primary amides is 1. The summed E-state index contributed by atoms with van der Waals surface area (Å²) >= 11 is 0. The van der Waals surface area contributed by atoms with Crippen LogP contribution in [0.4, 0.5) is 23.2 Å². The van der Waals surface area contributed by atoms with Crippen molar-refractivity contribution in [1.82, 2.24) is 15.5 Å². The van der Waals surface area contributed by atoms with Gasteiger partial charge in [0.15, 0.2) is 0 Å². The molecule has 3 heterocycles. The fourth-order valence-electron chi connectivity index (χ4n) is 5.80. The third kappa shape index (κ3) is 5.56. The van der Waals surface area contributed by atoms with Crippen molar-refractivity contribution < 1.29 is 36.7 Å². The number of hydrogen-bond donors (Lipinski definition) is 4. The molecule has 5 N–H and O–H groups in total. The lowest BCUT2D eigenvalue weighted by molar-refractivity contribution is -0.194. The molecule has 3 aliphatic heterocycles. The smallest absolute Gasteiger partial charge is 0.255 e. The molecule has 6 atom stereocenters. The zero-order chi connectivity index (χ0) is 27.8. The Kier molecular flexibility index (Phi) is 7.84. The van der Waals surface area contributed by atoms with E-state index < -0.39 is 77.7 Å². The molecule has 0 unspecified atom stereocenters. The van der Waals surface area contributed by atoms with Crippen molar-refractivity contribution in [2.75, 3.05) is 11.9 Å².